The molecule has 0 N–H and O–H groups in total. The molecule has 1 aliphatic heterocycles. The van der Waals surface area contributed by atoms with Gasteiger partial charge in [0.2, 0.25) is 5.91 Å². The van der Waals surface area contributed by atoms with Crippen molar-refractivity contribution in [3.63, 3.8) is 0 Å². The summed E-state index contributed by atoms with van der Waals surface area (Å²) in [5.41, 5.74) is 2.42. The zero-order valence-corrected chi connectivity index (χ0v) is 19.7. The molecule has 1 aromatic heterocycles. The second-order valence-electron chi connectivity index (χ2n) is 9.11. The molecule has 1 fully saturated rings. The van der Waals surface area contributed by atoms with E-state index in [4.69, 9.17) is 0 Å². The molecule has 0 spiro atoms. The molecule has 1 aliphatic rings. The fourth-order valence-corrected chi connectivity index (χ4v) is 4.86. The Balaban J connectivity index is 1.34. The summed E-state index contributed by atoms with van der Waals surface area (Å²) in [6, 6.07) is 17.8. The molecular formula is C26H29N3O2S. The van der Waals surface area contributed by atoms with Crippen molar-refractivity contribution >= 4 is 40.0 Å². The molecule has 1 saturated heterocycles. The van der Waals surface area contributed by atoms with E-state index in [0.29, 0.717) is 5.75 Å². The number of amides is 1. The van der Waals surface area contributed by atoms with Crippen LogP contribution in [0.5, 0.6) is 0 Å². The lowest BCUT2D eigenvalue weighted by Gasteiger charge is -2.38. The van der Waals surface area contributed by atoms with E-state index in [1.807, 2.05) is 80.3 Å². The highest BCUT2D eigenvalue weighted by Gasteiger charge is 2.29. The van der Waals surface area contributed by atoms with Crippen LogP contribution in [0.25, 0.3) is 10.9 Å². The minimum Gasteiger partial charge on any atom is -0.368 e. The van der Waals surface area contributed by atoms with Crippen molar-refractivity contribution in [1.29, 1.82) is 0 Å². The summed E-state index contributed by atoms with van der Waals surface area (Å²) < 4.78 is 0. The largest absolute Gasteiger partial charge is 0.368 e. The minimum absolute atomic E-state index is 0.114. The van der Waals surface area contributed by atoms with E-state index >= 15 is 0 Å². The minimum atomic E-state index is -0.343. The molecule has 32 heavy (non-hydrogen) atoms. The predicted molar refractivity (Wildman–Crippen MR) is 131 cm³/mol. The van der Waals surface area contributed by atoms with Gasteiger partial charge in [-0.05, 0) is 36.4 Å². The van der Waals surface area contributed by atoms with Crippen molar-refractivity contribution in [2.24, 2.45) is 5.41 Å². The van der Waals surface area contributed by atoms with Crippen molar-refractivity contribution < 1.29 is 9.59 Å². The van der Waals surface area contributed by atoms with Gasteiger partial charge in [-0.2, -0.15) is 0 Å². The summed E-state index contributed by atoms with van der Waals surface area (Å²) in [5.74, 6) is 0.710. The van der Waals surface area contributed by atoms with Gasteiger partial charge >= 0.3 is 0 Å². The first-order valence-electron chi connectivity index (χ1n) is 11.0. The number of hydrogen-bond acceptors (Lipinski definition) is 5. The zero-order chi connectivity index (χ0) is 22.7. The first-order chi connectivity index (χ1) is 15.3. The molecule has 0 atom stereocenters. The topological polar surface area (TPSA) is 53.5 Å². The van der Waals surface area contributed by atoms with Crippen LogP contribution in [-0.4, -0.2) is 53.5 Å². The number of aromatic nitrogens is 1. The Kier molecular flexibility index (Phi) is 6.51. The Morgan fingerprint density at radius 2 is 1.62 bits per heavy atom. The number of rotatable bonds is 5. The first kappa shape index (κ1) is 22.3. The molecule has 0 unspecified atom stereocenters. The van der Waals surface area contributed by atoms with E-state index in [1.54, 1.807) is 18.0 Å². The Morgan fingerprint density at radius 1 is 0.938 bits per heavy atom. The van der Waals surface area contributed by atoms with E-state index in [0.717, 1.165) is 53.2 Å². The fraction of sp³-hybridized carbons (Fsp3) is 0.346. The van der Waals surface area contributed by atoms with E-state index in [2.05, 4.69) is 9.88 Å². The summed E-state index contributed by atoms with van der Waals surface area (Å²) in [6.07, 6.45) is 1.79. The first-order valence-corrected chi connectivity index (χ1v) is 12.0. The number of pyridine rings is 1. The monoisotopic (exact) mass is 447 g/mol. The van der Waals surface area contributed by atoms with Crippen LogP contribution in [-0.2, 0) is 4.79 Å². The predicted octanol–water partition coefficient (Wildman–Crippen LogP) is 4.90. The number of thioether (sulfide) groups is 1. The molecule has 5 nitrogen and oxygen atoms in total. The highest BCUT2D eigenvalue weighted by molar-refractivity contribution is 8.00. The zero-order valence-electron chi connectivity index (χ0n) is 18.9. The lowest BCUT2D eigenvalue weighted by molar-refractivity contribution is -0.139. The molecule has 0 saturated carbocycles. The highest BCUT2D eigenvalue weighted by atomic mass is 32.2. The van der Waals surface area contributed by atoms with Crippen LogP contribution >= 0.6 is 11.8 Å². The van der Waals surface area contributed by atoms with Gasteiger partial charge in [0.05, 0.1) is 11.3 Å². The van der Waals surface area contributed by atoms with Crippen molar-refractivity contribution in [2.75, 3.05) is 36.8 Å². The standard InChI is InChI=1S/C26H29N3O2S/c1-26(2,3)25(31)29-16-14-28(15-17-29)20-10-8-19(9-11-20)23(30)18-32-24-12-13-27-22-7-5-4-6-21(22)24/h4-13H,14-18H2,1-3H3. The smallest absolute Gasteiger partial charge is 0.228 e. The van der Waals surface area contributed by atoms with Gasteiger partial charge in [0.15, 0.2) is 5.78 Å². The summed E-state index contributed by atoms with van der Waals surface area (Å²) in [6.45, 7) is 8.97. The van der Waals surface area contributed by atoms with Crippen molar-refractivity contribution in [3.05, 3.63) is 66.4 Å². The summed E-state index contributed by atoms with van der Waals surface area (Å²) in [4.78, 5) is 34.9. The lowest BCUT2D eigenvalue weighted by Crippen LogP contribution is -2.51. The van der Waals surface area contributed by atoms with Gasteiger partial charge in [-0.1, -0.05) is 39.0 Å². The SMILES string of the molecule is CC(C)(C)C(=O)N1CCN(c2ccc(C(=O)CSc3ccnc4ccccc34)cc2)CC1. The van der Waals surface area contributed by atoms with Crippen LogP contribution < -0.4 is 4.90 Å². The van der Waals surface area contributed by atoms with Gasteiger partial charge in [0.1, 0.15) is 0 Å². The van der Waals surface area contributed by atoms with Gasteiger partial charge in [-0.25, -0.2) is 0 Å². The number of benzene rings is 2. The maximum atomic E-state index is 12.8. The molecule has 2 heterocycles. The Labute approximate surface area is 193 Å². The van der Waals surface area contributed by atoms with Crippen molar-refractivity contribution in [1.82, 2.24) is 9.88 Å². The van der Waals surface area contributed by atoms with Crippen LogP contribution in [0.3, 0.4) is 0 Å². The maximum Gasteiger partial charge on any atom is 0.228 e. The van der Waals surface area contributed by atoms with E-state index in [-0.39, 0.29) is 17.1 Å². The van der Waals surface area contributed by atoms with Gasteiger partial charge in [-0.3, -0.25) is 14.6 Å². The average molecular weight is 448 g/mol. The Hall–Kier alpha value is -2.86. The molecule has 1 amide bonds. The third-order valence-corrected chi connectivity index (χ3v) is 6.80. The van der Waals surface area contributed by atoms with Gasteiger partial charge in [0.25, 0.3) is 0 Å². The number of carbonyl (C=O) groups excluding carboxylic acids is 2. The number of hydrogen-bond donors (Lipinski definition) is 0. The number of carbonyl (C=O) groups is 2. The van der Waals surface area contributed by atoms with Crippen LogP contribution in [0, 0.1) is 5.41 Å². The molecule has 2 aromatic carbocycles. The molecule has 6 heteroatoms. The van der Waals surface area contributed by atoms with E-state index < -0.39 is 0 Å². The molecule has 0 radical (unpaired) electrons. The molecule has 4 rings (SSSR count). The van der Waals surface area contributed by atoms with Crippen LogP contribution in [0.4, 0.5) is 5.69 Å². The number of fused-ring (bicyclic) bond motifs is 1. The second kappa shape index (κ2) is 9.33. The average Bonchev–Trinajstić information content (AvgIpc) is 2.81. The summed E-state index contributed by atoms with van der Waals surface area (Å²) in [5, 5.41) is 1.08. The number of Topliss-reactive ketones (excluding diaryl/α,β-unsaturated/α-hetero) is 1. The second-order valence-corrected chi connectivity index (χ2v) is 10.1. The molecule has 0 aliphatic carbocycles. The third kappa shape index (κ3) is 4.96. The molecular weight excluding hydrogens is 418 g/mol. The van der Waals surface area contributed by atoms with Gasteiger partial charge in [0, 0.05) is 59.3 Å². The normalized spacial score (nSPS) is 14.6. The number of ketones is 1. The summed E-state index contributed by atoms with van der Waals surface area (Å²) >= 11 is 1.55. The third-order valence-electron chi connectivity index (χ3n) is 5.73. The van der Waals surface area contributed by atoms with Crippen molar-refractivity contribution in [2.45, 2.75) is 25.7 Å². The Bertz CT molecular complexity index is 1110. The quantitative estimate of drug-likeness (QED) is 0.411. The number of nitrogens with zero attached hydrogens (tertiary/aromatic N) is 3. The molecule has 3 aromatic rings. The van der Waals surface area contributed by atoms with Crippen LogP contribution in [0.2, 0.25) is 0 Å². The Morgan fingerprint density at radius 3 is 2.31 bits per heavy atom. The summed E-state index contributed by atoms with van der Waals surface area (Å²) in [7, 11) is 0. The maximum absolute atomic E-state index is 12.8. The van der Waals surface area contributed by atoms with Gasteiger partial charge in [-0.15, -0.1) is 11.8 Å². The molecule has 0 bridgehead atoms. The van der Waals surface area contributed by atoms with E-state index in [9.17, 15) is 9.59 Å². The van der Waals surface area contributed by atoms with E-state index in [1.165, 1.54) is 0 Å². The lowest BCUT2D eigenvalue weighted by atomic mass is 9.94. The highest BCUT2D eigenvalue weighted by Crippen LogP contribution is 2.27. The number of anilines is 1. The number of piperazine rings is 1. The number of para-hydroxylation sites is 1. The van der Waals surface area contributed by atoms with Crippen LogP contribution in [0.1, 0.15) is 31.1 Å². The fourth-order valence-electron chi connectivity index (χ4n) is 3.92. The molecule has 166 valence electrons. The van der Waals surface area contributed by atoms with Crippen molar-refractivity contribution in [3.8, 4) is 0 Å². The van der Waals surface area contributed by atoms with Gasteiger partial charge < -0.3 is 9.80 Å². The van der Waals surface area contributed by atoms with Crippen LogP contribution in [0.15, 0.2) is 65.7 Å².